The molecule has 3 aromatic rings. The second-order valence-electron chi connectivity index (χ2n) is 8.71. The summed E-state index contributed by atoms with van der Waals surface area (Å²) in [7, 11) is 0. The fraction of sp³-hybridized carbons (Fsp3) is 0.370. The molecule has 0 radical (unpaired) electrons. The van der Waals surface area contributed by atoms with Gasteiger partial charge in [0.1, 0.15) is 5.00 Å². The largest absolute Gasteiger partial charge is 0.462 e. The minimum absolute atomic E-state index is 0.0677. The average molecular weight is 480 g/mol. The van der Waals surface area contributed by atoms with Crippen molar-refractivity contribution in [1.82, 2.24) is 0 Å². The molecule has 4 rings (SSSR count). The fourth-order valence-corrected chi connectivity index (χ4v) is 5.77. The van der Waals surface area contributed by atoms with Crippen molar-refractivity contribution in [3.05, 3.63) is 64.0 Å². The van der Waals surface area contributed by atoms with E-state index in [-0.39, 0.29) is 13.0 Å². The second kappa shape index (κ2) is 10.4. The Labute approximate surface area is 203 Å². The summed E-state index contributed by atoms with van der Waals surface area (Å²) >= 11 is 1.42. The number of rotatable bonds is 7. The van der Waals surface area contributed by atoms with E-state index in [2.05, 4.69) is 12.2 Å². The van der Waals surface area contributed by atoms with Gasteiger partial charge in [-0.25, -0.2) is 4.79 Å². The quantitative estimate of drug-likeness (QED) is 0.464. The lowest BCUT2D eigenvalue weighted by molar-refractivity contribution is -0.152. The third-order valence-electron chi connectivity index (χ3n) is 6.12. The summed E-state index contributed by atoms with van der Waals surface area (Å²) in [6.45, 7) is 5.74. The Morgan fingerprint density at radius 2 is 1.91 bits per heavy atom. The van der Waals surface area contributed by atoms with Gasteiger partial charge in [0.05, 0.1) is 18.6 Å². The SMILES string of the molecule is CCOC(=O)c1c(NC(=O)C(C)OC(=O)Cc2cccc3ccccc23)sc2c1CCC(C)C2. The lowest BCUT2D eigenvalue weighted by Crippen LogP contribution is -2.30. The van der Waals surface area contributed by atoms with Crippen molar-refractivity contribution in [2.24, 2.45) is 5.92 Å². The van der Waals surface area contributed by atoms with Crippen LogP contribution < -0.4 is 5.32 Å². The van der Waals surface area contributed by atoms with E-state index in [0.29, 0.717) is 16.5 Å². The summed E-state index contributed by atoms with van der Waals surface area (Å²) in [5, 5.41) is 5.32. The third-order valence-corrected chi connectivity index (χ3v) is 7.29. The Hall–Kier alpha value is -3.19. The van der Waals surface area contributed by atoms with Gasteiger partial charge < -0.3 is 14.8 Å². The highest BCUT2D eigenvalue weighted by Crippen LogP contribution is 2.40. The van der Waals surface area contributed by atoms with E-state index in [1.807, 2.05) is 42.5 Å². The molecule has 1 N–H and O–H groups in total. The van der Waals surface area contributed by atoms with Crippen molar-refractivity contribution in [3.8, 4) is 0 Å². The van der Waals surface area contributed by atoms with Gasteiger partial charge in [-0.05, 0) is 60.9 Å². The van der Waals surface area contributed by atoms with Crippen LogP contribution in [0.3, 0.4) is 0 Å². The Kier molecular flexibility index (Phi) is 7.32. The van der Waals surface area contributed by atoms with Crippen molar-refractivity contribution in [2.45, 2.75) is 52.6 Å². The highest BCUT2D eigenvalue weighted by Gasteiger charge is 2.30. The molecule has 1 aromatic heterocycles. The van der Waals surface area contributed by atoms with Crippen LogP contribution in [-0.2, 0) is 38.3 Å². The lowest BCUT2D eigenvalue weighted by atomic mass is 9.88. The molecule has 0 fully saturated rings. The van der Waals surface area contributed by atoms with E-state index < -0.39 is 23.9 Å². The lowest BCUT2D eigenvalue weighted by Gasteiger charge is -2.18. The summed E-state index contributed by atoms with van der Waals surface area (Å²) in [6, 6.07) is 13.6. The molecule has 1 aliphatic carbocycles. The molecule has 6 nitrogen and oxygen atoms in total. The first kappa shape index (κ1) is 24.0. The summed E-state index contributed by atoms with van der Waals surface area (Å²) in [5.74, 6) is -0.850. The van der Waals surface area contributed by atoms with Gasteiger partial charge in [0, 0.05) is 4.88 Å². The summed E-state index contributed by atoms with van der Waals surface area (Å²) in [6.07, 6.45) is 1.71. The van der Waals surface area contributed by atoms with Crippen LogP contribution in [0.1, 0.15) is 53.6 Å². The number of hydrogen-bond acceptors (Lipinski definition) is 6. The molecule has 1 aliphatic rings. The van der Waals surface area contributed by atoms with Crippen LogP contribution in [0.25, 0.3) is 10.8 Å². The van der Waals surface area contributed by atoms with Gasteiger partial charge >= 0.3 is 11.9 Å². The van der Waals surface area contributed by atoms with E-state index in [9.17, 15) is 14.4 Å². The molecule has 7 heteroatoms. The second-order valence-corrected chi connectivity index (χ2v) is 9.82. The number of esters is 2. The maximum Gasteiger partial charge on any atom is 0.341 e. The molecule has 1 amide bonds. The monoisotopic (exact) mass is 479 g/mol. The zero-order valence-corrected chi connectivity index (χ0v) is 20.5. The van der Waals surface area contributed by atoms with Crippen LogP contribution in [0.2, 0.25) is 0 Å². The van der Waals surface area contributed by atoms with Crippen LogP contribution in [-0.4, -0.2) is 30.6 Å². The van der Waals surface area contributed by atoms with Gasteiger partial charge in [-0.3, -0.25) is 9.59 Å². The first-order valence-electron chi connectivity index (χ1n) is 11.7. The minimum Gasteiger partial charge on any atom is -0.462 e. The number of anilines is 1. The number of hydrogen-bond donors (Lipinski definition) is 1. The van der Waals surface area contributed by atoms with Crippen molar-refractivity contribution in [1.29, 1.82) is 0 Å². The Morgan fingerprint density at radius 1 is 1.15 bits per heavy atom. The zero-order valence-electron chi connectivity index (χ0n) is 19.7. The molecule has 2 unspecified atom stereocenters. The van der Waals surface area contributed by atoms with Gasteiger partial charge in [-0.1, -0.05) is 49.4 Å². The standard InChI is InChI=1S/C27H29NO5S/c1-4-32-27(31)24-21-13-12-16(2)14-22(21)34-26(24)28-25(30)17(3)33-23(29)15-19-10-7-9-18-8-5-6-11-20(18)19/h5-11,16-17H,4,12-15H2,1-3H3,(H,28,30). The minimum atomic E-state index is -1.00. The van der Waals surface area contributed by atoms with Gasteiger partial charge in [-0.15, -0.1) is 11.3 Å². The van der Waals surface area contributed by atoms with E-state index in [1.54, 1.807) is 6.92 Å². The van der Waals surface area contributed by atoms with Crippen molar-refractivity contribution in [3.63, 3.8) is 0 Å². The predicted molar refractivity (Wildman–Crippen MR) is 133 cm³/mol. The molecule has 178 valence electrons. The highest BCUT2D eigenvalue weighted by atomic mass is 32.1. The van der Waals surface area contributed by atoms with Crippen molar-refractivity contribution in [2.75, 3.05) is 11.9 Å². The smallest absolute Gasteiger partial charge is 0.341 e. The van der Waals surface area contributed by atoms with E-state index in [0.717, 1.165) is 46.0 Å². The highest BCUT2D eigenvalue weighted by molar-refractivity contribution is 7.17. The van der Waals surface area contributed by atoms with Gasteiger partial charge in [0.2, 0.25) is 0 Å². The number of fused-ring (bicyclic) bond motifs is 2. The normalized spacial score (nSPS) is 15.9. The maximum atomic E-state index is 12.9. The molecular weight excluding hydrogens is 450 g/mol. The number of amides is 1. The number of carbonyl (C=O) groups is 3. The molecular formula is C27H29NO5S. The Morgan fingerprint density at radius 3 is 2.71 bits per heavy atom. The maximum absolute atomic E-state index is 12.9. The summed E-state index contributed by atoms with van der Waals surface area (Å²) < 4.78 is 10.7. The first-order chi connectivity index (χ1) is 16.4. The van der Waals surface area contributed by atoms with Crippen LogP contribution in [0, 0.1) is 5.92 Å². The van der Waals surface area contributed by atoms with Gasteiger partial charge in [-0.2, -0.15) is 0 Å². The van der Waals surface area contributed by atoms with E-state index in [1.165, 1.54) is 18.3 Å². The number of carbonyl (C=O) groups excluding carboxylic acids is 3. The van der Waals surface area contributed by atoms with Crippen molar-refractivity contribution >= 4 is 45.0 Å². The molecule has 0 bridgehead atoms. The zero-order chi connectivity index (χ0) is 24.2. The van der Waals surface area contributed by atoms with Crippen molar-refractivity contribution < 1.29 is 23.9 Å². The molecule has 0 aliphatic heterocycles. The molecule has 0 spiro atoms. The molecule has 1 heterocycles. The molecule has 2 aromatic carbocycles. The number of thiophene rings is 1. The van der Waals surface area contributed by atoms with E-state index in [4.69, 9.17) is 9.47 Å². The van der Waals surface area contributed by atoms with Crippen LogP contribution >= 0.6 is 11.3 Å². The predicted octanol–water partition coefficient (Wildman–Crippen LogP) is 5.32. The third kappa shape index (κ3) is 5.14. The van der Waals surface area contributed by atoms with Crippen LogP contribution in [0.15, 0.2) is 42.5 Å². The molecule has 2 atom stereocenters. The first-order valence-corrected chi connectivity index (χ1v) is 12.5. The van der Waals surface area contributed by atoms with Crippen LogP contribution in [0.4, 0.5) is 5.00 Å². The van der Waals surface area contributed by atoms with Gasteiger partial charge in [0.25, 0.3) is 5.91 Å². The summed E-state index contributed by atoms with van der Waals surface area (Å²) in [5.41, 5.74) is 2.26. The van der Waals surface area contributed by atoms with Gasteiger partial charge in [0.15, 0.2) is 6.10 Å². The Balaban J connectivity index is 1.46. The number of benzene rings is 2. The number of nitrogens with one attached hydrogen (secondary N) is 1. The molecule has 0 saturated heterocycles. The average Bonchev–Trinajstić information content (AvgIpc) is 3.16. The molecule has 0 saturated carbocycles. The molecule has 34 heavy (non-hydrogen) atoms. The van der Waals surface area contributed by atoms with Crippen LogP contribution in [0.5, 0.6) is 0 Å². The number of ether oxygens (including phenoxy) is 2. The topological polar surface area (TPSA) is 81.7 Å². The fourth-order valence-electron chi connectivity index (χ4n) is 4.37. The Bertz CT molecular complexity index is 1230. The van der Waals surface area contributed by atoms with E-state index >= 15 is 0 Å². The summed E-state index contributed by atoms with van der Waals surface area (Å²) in [4.78, 5) is 39.3.